The second kappa shape index (κ2) is 10.3. The topological polar surface area (TPSA) is 76.0 Å². The number of aromatic nitrogens is 2. The molecule has 0 atom stereocenters. The first-order valence-corrected chi connectivity index (χ1v) is 11.4. The normalized spacial score (nSPS) is 14.2. The van der Waals surface area contributed by atoms with Gasteiger partial charge in [0.05, 0.1) is 11.3 Å². The highest BCUT2D eigenvalue weighted by atomic mass is 16.2. The van der Waals surface area contributed by atoms with Crippen LogP contribution in [0.4, 0.5) is 0 Å². The summed E-state index contributed by atoms with van der Waals surface area (Å²) in [4.78, 5) is 25.3. The monoisotopic (exact) mass is 430 g/mol. The number of nitrogens with zero attached hydrogens (tertiary/aromatic N) is 2. The van der Waals surface area contributed by atoms with Crippen LogP contribution in [0.5, 0.6) is 0 Å². The van der Waals surface area contributed by atoms with E-state index in [0.29, 0.717) is 24.3 Å². The zero-order valence-electron chi connectivity index (χ0n) is 18.5. The fourth-order valence-electron chi connectivity index (χ4n) is 4.15. The van der Waals surface area contributed by atoms with Gasteiger partial charge in [0.1, 0.15) is 5.69 Å². The molecule has 1 aliphatic rings. The highest BCUT2D eigenvalue weighted by Crippen LogP contribution is 2.24. The molecule has 0 saturated heterocycles. The zero-order chi connectivity index (χ0) is 22.3. The lowest BCUT2D eigenvalue weighted by Gasteiger charge is -2.20. The molecule has 0 aliphatic heterocycles. The van der Waals surface area contributed by atoms with E-state index in [1.165, 1.54) is 6.42 Å². The van der Waals surface area contributed by atoms with Gasteiger partial charge in [0.25, 0.3) is 5.91 Å². The van der Waals surface area contributed by atoms with Crippen molar-refractivity contribution >= 4 is 11.8 Å². The number of hydrogen-bond acceptors (Lipinski definition) is 3. The minimum Gasteiger partial charge on any atom is -0.354 e. The fraction of sp³-hybridized carbons (Fsp3) is 0.346. The van der Waals surface area contributed by atoms with Crippen molar-refractivity contribution in [2.45, 2.75) is 39.0 Å². The Kier molecular flexibility index (Phi) is 7.00. The second-order valence-corrected chi connectivity index (χ2v) is 8.42. The van der Waals surface area contributed by atoms with Gasteiger partial charge >= 0.3 is 0 Å². The van der Waals surface area contributed by atoms with Crippen LogP contribution in [0.1, 0.15) is 48.0 Å². The van der Waals surface area contributed by atoms with Crippen molar-refractivity contribution in [2.75, 3.05) is 13.1 Å². The van der Waals surface area contributed by atoms with Gasteiger partial charge in [0.15, 0.2) is 0 Å². The lowest BCUT2D eigenvalue weighted by Crippen LogP contribution is -2.38. The van der Waals surface area contributed by atoms with Crippen LogP contribution in [-0.2, 0) is 4.79 Å². The van der Waals surface area contributed by atoms with Crippen LogP contribution in [0.2, 0.25) is 0 Å². The maximum Gasteiger partial charge on any atom is 0.255 e. The maximum absolute atomic E-state index is 13.0. The summed E-state index contributed by atoms with van der Waals surface area (Å²) in [6.07, 6.45) is 7.18. The van der Waals surface area contributed by atoms with Crippen LogP contribution in [0.15, 0.2) is 60.8 Å². The average molecular weight is 431 g/mol. The molecule has 1 saturated carbocycles. The number of rotatable bonds is 7. The molecule has 166 valence electrons. The molecule has 3 aromatic rings. The van der Waals surface area contributed by atoms with E-state index in [4.69, 9.17) is 5.10 Å². The van der Waals surface area contributed by atoms with E-state index >= 15 is 0 Å². The van der Waals surface area contributed by atoms with E-state index in [1.54, 1.807) is 10.9 Å². The Morgan fingerprint density at radius 2 is 1.62 bits per heavy atom. The Morgan fingerprint density at radius 3 is 2.34 bits per heavy atom. The van der Waals surface area contributed by atoms with Gasteiger partial charge in [-0.2, -0.15) is 5.10 Å². The quantitative estimate of drug-likeness (QED) is 0.550. The SMILES string of the molecule is Cc1ccc(-n2cc(C(=O)NCCNC(=O)C3CCCCC3)c(-c3ccccc3)n2)cc1. The van der Waals surface area contributed by atoms with Crippen molar-refractivity contribution in [2.24, 2.45) is 5.92 Å². The summed E-state index contributed by atoms with van der Waals surface area (Å²) in [6.45, 7) is 2.84. The number of benzene rings is 2. The van der Waals surface area contributed by atoms with Crippen molar-refractivity contribution in [3.63, 3.8) is 0 Å². The van der Waals surface area contributed by atoms with E-state index in [2.05, 4.69) is 10.6 Å². The maximum atomic E-state index is 13.0. The Hall–Kier alpha value is -3.41. The molecule has 0 bridgehead atoms. The van der Waals surface area contributed by atoms with Crippen LogP contribution < -0.4 is 10.6 Å². The van der Waals surface area contributed by atoms with E-state index in [1.807, 2.05) is 61.5 Å². The summed E-state index contributed by atoms with van der Waals surface area (Å²) in [7, 11) is 0. The van der Waals surface area contributed by atoms with Crippen molar-refractivity contribution in [3.8, 4) is 16.9 Å². The van der Waals surface area contributed by atoms with Gasteiger partial charge in [0.2, 0.25) is 5.91 Å². The third kappa shape index (κ3) is 5.25. The zero-order valence-corrected chi connectivity index (χ0v) is 18.5. The Labute approximate surface area is 189 Å². The summed E-state index contributed by atoms with van der Waals surface area (Å²) in [5, 5.41) is 10.6. The number of nitrogens with one attached hydrogen (secondary N) is 2. The molecule has 1 fully saturated rings. The summed E-state index contributed by atoms with van der Waals surface area (Å²) in [5.41, 5.74) is 4.09. The van der Waals surface area contributed by atoms with Crippen molar-refractivity contribution in [3.05, 3.63) is 71.9 Å². The van der Waals surface area contributed by atoms with Gasteiger partial charge in [0, 0.05) is 30.8 Å². The highest BCUT2D eigenvalue weighted by Gasteiger charge is 2.21. The Bertz CT molecular complexity index is 1050. The molecule has 1 heterocycles. The molecular formula is C26H30N4O2. The first-order valence-electron chi connectivity index (χ1n) is 11.4. The molecular weight excluding hydrogens is 400 g/mol. The molecule has 1 aliphatic carbocycles. The molecule has 4 rings (SSSR count). The van der Waals surface area contributed by atoms with Crippen LogP contribution in [0, 0.1) is 12.8 Å². The van der Waals surface area contributed by atoms with Gasteiger partial charge in [-0.25, -0.2) is 4.68 Å². The standard InChI is InChI=1S/C26H30N4O2/c1-19-12-14-22(15-13-19)30-18-23(24(29-30)20-8-4-2-5-9-20)26(32)28-17-16-27-25(31)21-10-6-3-7-11-21/h2,4-5,8-9,12-15,18,21H,3,6-7,10-11,16-17H2,1H3,(H,27,31)(H,28,32). The molecule has 1 aromatic heterocycles. The molecule has 2 amide bonds. The summed E-state index contributed by atoms with van der Waals surface area (Å²) < 4.78 is 1.74. The van der Waals surface area contributed by atoms with E-state index in [0.717, 1.165) is 42.5 Å². The second-order valence-electron chi connectivity index (χ2n) is 8.42. The minimum absolute atomic E-state index is 0.108. The number of carbonyl (C=O) groups is 2. The lowest BCUT2D eigenvalue weighted by atomic mass is 9.89. The molecule has 32 heavy (non-hydrogen) atoms. The number of amides is 2. The summed E-state index contributed by atoms with van der Waals surface area (Å²) in [6, 6.07) is 17.7. The highest BCUT2D eigenvalue weighted by molar-refractivity contribution is 6.00. The van der Waals surface area contributed by atoms with Crippen molar-refractivity contribution in [1.82, 2.24) is 20.4 Å². The van der Waals surface area contributed by atoms with Crippen molar-refractivity contribution in [1.29, 1.82) is 0 Å². The van der Waals surface area contributed by atoms with Gasteiger partial charge in [-0.15, -0.1) is 0 Å². The van der Waals surface area contributed by atoms with Gasteiger partial charge < -0.3 is 10.6 Å². The van der Waals surface area contributed by atoms with Gasteiger partial charge in [-0.3, -0.25) is 9.59 Å². The third-order valence-corrected chi connectivity index (χ3v) is 5.99. The van der Waals surface area contributed by atoms with E-state index < -0.39 is 0 Å². The molecule has 0 spiro atoms. The first-order chi connectivity index (χ1) is 15.6. The fourth-order valence-corrected chi connectivity index (χ4v) is 4.15. The predicted octanol–water partition coefficient (Wildman–Crippen LogP) is 4.27. The minimum atomic E-state index is -0.200. The molecule has 2 aromatic carbocycles. The van der Waals surface area contributed by atoms with Gasteiger partial charge in [-0.05, 0) is 31.9 Å². The third-order valence-electron chi connectivity index (χ3n) is 5.99. The van der Waals surface area contributed by atoms with E-state index in [-0.39, 0.29) is 17.7 Å². The van der Waals surface area contributed by atoms with E-state index in [9.17, 15) is 9.59 Å². The number of carbonyl (C=O) groups excluding carboxylic acids is 2. The smallest absolute Gasteiger partial charge is 0.255 e. The van der Waals surface area contributed by atoms with Crippen LogP contribution in [0.25, 0.3) is 16.9 Å². The average Bonchev–Trinajstić information content (AvgIpc) is 3.29. The summed E-state index contributed by atoms with van der Waals surface area (Å²) >= 11 is 0. The lowest BCUT2D eigenvalue weighted by molar-refractivity contribution is -0.125. The number of hydrogen-bond donors (Lipinski definition) is 2. The van der Waals surface area contributed by atoms with Gasteiger partial charge in [-0.1, -0.05) is 67.3 Å². The Morgan fingerprint density at radius 1 is 0.938 bits per heavy atom. The first kappa shape index (κ1) is 21.8. The molecule has 0 unspecified atom stereocenters. The molecule has 0 radical (unpaired) electrons. The predicted molar refractivity (Wildman–Crippen MR) is 126 cm³/mol. The molecule has 6 nitrogen and oxygen atoms in total. The Balaban J connectivity index is 1.44. The largest absolute Gasteiger partial charge is 0.354 e. The number of aryl methyl sites for hydroxylation is 1. The van der Waals surface area contributed by atoms with Crippen LogP contribution >= 0.6 is 0 Å². The molecule has 2 N–H and O–H groups in total. The van der Waals surface area contributed by atoms with Crippen LogP contribution in [-0.4, -0.2) is 34.7 Å². The van der Waals surface area contributed by atoms with Crippen LogP contribution in [0.3, 0.4) is 0 Å². The van der Waals surface area contributed by atoms with Crippen molar-refractivity contribution < 1.29 is 9.59 Å². The molecule has 6 heteroatoms. The summed E-state index contributed by atoms with van der Waals surface area (Å²) in [5.74, 6) is 0.0297.